The molecule has 0 fully saturated rings. The van der Waals surface area contributed by atoms with Crippen molar-refractivity contribution in [1.82, 2.24) is 9.78 Å². The molecule has 1 heterocycles. The van der Waals surface area contributed by atoms with Crippen LogP contribution >= 0.6 is 0 Å². The summed E-state index contributed by atoms with van der Waals surface area (Å²) in [7, 11) is 0. The molecule has 1 unspecified atom stereocenters. The zero-order chi connectivity index (χ0) is 21.8. The van der Waals surface area contributed by atoms with Crippen molar-refractivity contribution < 1.29 is 9.59 Å². The first-order valence-electron chi connectivity index (χ1n) is 10.1. The molecule has 6 heteroatoms. The van der Waals surface area contributed by atoms with Crippen molar-refractivity contribution in [2.45, 2.75) is 47.1 Å². The van der Waals surface area contributed by atoms with E-state index in [0.29, 0.717) is 6.42 Å². The van der Waals surface area contributed by atoms with Crippen LogP contribution in [0.4, 0.5) is 11.4 Å². The van der Waals surface area contributed by atoms with Gasteiger partial charge in [0.15, 0.2) is 5.69 Å². The van der Waals surface area contributed by atoms with Gasteiger partial charge in [-0.25, -0.2) is 0 Å². The molecule has 6 nitrogen and oxygen atoms in total. The molecule has 0 saturated heterocycles. The second-order valence-corrected chi connectivity index (χ2v) is 7.54. The van der Waals surface area contributed by atoms with E-state index in [1.165, 1.54) is 0 Å². The summed E-state index contributed by atoms with van der Waals surface area (Å²) in [6.07, 6.45) is 2.23. The highest BCUT2D eigenvalue weighted by Crippen LogP contribution is 2.22. The molecule has 0 bridgehead atoms. The number of aryl methyl sites for hydroxylation is 2. The van der Waals surface area contributed by atoms with Gasteiger partial charge in [-0.1, -0.05) is 31.2 Å². The first-order valence-corrected chi connectivity index (χ1v) is 10.1. The summed E-state index contributed by atoms with van der Waals surface area (Å²) in [5.41, 5.74) is 6.10. The summed E-state index contributed by atoms with van der Waals surface area (Å²) in [6, 6.07) is 12.7. The smallest absolute Gasteiger partial charge is 0.276 e. The molecule has 0 aliphatic rings. The van der Waals surface area contributed by atoms with E-state index in [1.54, 1.807) is 16.9 Å². The molecule has 0 radical (unpaired) electrons. The van der Waals surface area contributed by atoms with Crippen LogP contribution in [0, 0.1) is 27.7 Å². The largest absolute Gasteiger partial charge is 0.324 e. The Labute approximate surface area is 177 Å². The third-order valence-electron chi connectivity index (χ3n) is 5.56. The van der Waals surface area contributed by atoms with E-state index in [0.717, 1.165) is 33.6 Å². The Bertz CT molecular complexity index is 1080. The lowest BCUT2D eigenvalue weighted by Crippen LogP contribution is -2.27. The molecule has 2 amide bonds. The minimum Gasteiger partial charge on any atom is -0.324 e. The molecule has 2 aromatic carbocycles. The summed E-state index contributed by atoms with van der Waals surface area (Å²) in [5, 5.41) is 10.3. The number of anilines is 2. The SMILES string of the molecule is CCC(C(=O)Nc1cccc(C)c1C)n1ccc(C(=O)Nc2cccc(C)c2C)n1. The predicted molar refractivity (Wildman–Crippen MR) is 120 cm³/mol. The fourth-order valence-electron chi connectivity index (χ4n) is 3.30. The molecule has 0 spiro atoms. The summed E-state index contributed by atoms with van der Waals surface area (Å²) < 4.78 is 1.55. The Morgan fingerprint density at radius 1 is 0.900 bits per heavy atom. The van der Waals surface area contributed by atoms with Gasteiger partial charge in [-0.3, -0.25) is 14.3 Å². The highest BCUT2D eigenvalue weighted by Gasteiger charge is 2.22. The zero-order valence-electron chi connectivity index (χ0n) is 18.1. The molecule has 3 rings (SSSR count). The van der Waals surface area contributed by atoms with Gasteiger partial charge >= 0.3 is 0 Å². The van der Waals surface area contributed by atoms with E-state index in [-0.39, 0.29) is 17.5 Å². The van der Waals surface area contributed by atoms with E-state index < -0.39 is 6.04 Å². The number of amides is 2. The normalized spacial score (nSPS) is 11.8. The molecular formula is C24H28N4O2. The minimum atomic E-state index is -0.507. The number of benzene rings is 2. The maximum atomic E-state index is 12.9. The van der Waals surface area contributed by atoms with Crippen LogP contribution in [0.5, 0.6) is 0 Å². The lowest BCUT2D eigenvalue weighted by molar-refractivity contribution is -0.119. The van der Waals surface area contributed by atoms with Crippen LogP contribution in [0.25, 0.3) is 0 Å². The number of carbonyl (C=O) groups is 2. The molecule has 1 atom stereocenters. The summed E-state index contributed by atoms with van der Waals surface area (Å²) in [4.78, 5) is 25.5. The number of hydrogen-bond acceptors (Lipinski definition) is 3. The third kappa shape index (κ3) is 4.43. The molecule has 30 heavy (non-hydrogen) atoms. The molecule has 0 aliphatic carbocycles. The maximum absolute atomic E-state index is 12.9. The predicted octanol–water partition coefficient (Wildman–Crippen LogP) is 4.96. The Kier molecular flexibility index (Phi) is 6.35. The number of carbonyl (C=O) groups excluding carboxylic acids is 2. The van der Waals surface area contributed by atoms with Gasteiger partial charge in [-0.2, -0.15) is 5.10 Å². The third-order valence-corrected chi connectivity index (χ3v) is 5.56. The van der Waals surface area contributed by atoms with E-state index >= 15 is 0 Å². The zero-order valence-corrected chi connectivity index (χ0v) is 18.1. The van der Waals surface area contributed by atoms with Crippen molar-refractivity contribution in [1.29, 1.82) is 0 Å². The molecule has 1 aromatic heterocycles. The topological polar surface area (TPSA) is 76.0 Å². The van der Waals surface area contributed by atoms with E-state index in [2.05, 4.69) is 15.7 Å². The average molecular weight is 405 g/mol. The Hall–Kier alpha value is -3.41. The second-order valence-electron chi connectivity index (χ2n) is 7.54. The Morgan fingerprint density at radius 3 is 2.03 bits per heavy atom. The van der Waals surface area contributed by atoms with Crippen LogP contribution in [-0.4, -0.2) is 21.6 Å². The van der Waals surface area contributed by atoms with Gasteiger partial charge in [0.1, 0.15) is 6.04 Å². The summed E-state index contributed by atoms with van der Waals surface area (Å²) >= 11 is 0. The molecular weight excluding hydrogens is 376 g/mol. The van der Waals surface area contributed by atoms with Gasteiger partial charge in [0, 0.05) is 17.6 Å². The lowest BCUT2D eigenvalue weighted by Gasteiger charge is -2.17. The molecule has 0 saturated carbocycles. The van der Waals surface area contributed by atoms with Crippen LogP contribution in [0.3, 0.4) is 0 Å². The van der Waals surface area contributed by atoms with E-state index in [4.69, 9.17) is 0 Å². The van der Waals surface area contributed by atoms with Crippen LogP contribution in [0.15, 0.2) is 48.7 Å². The first-order chi connectivity index (χ1) is 14.3. The van der Waals surface area contributed by atoms with Crippen molar-refractivity contribution in [3.8, 4) is 0 Å². The van der Waals surface area contributed by atoms with Crippen LogP contribution in [-0.2, 0) is 4.79 Å². The van der Waals surface area contributed by atoms with Gasteiger partial charge in [0.2, 0.25) is 5.91 Å². The molecule has 3 aromatic rings. The first kappa shape index (κ1) is 21.3. The van der Waals surface area contributed by atoms with Gasteiger partial charge in [0.05, 0.1) is 0 Å². The van der Waals surface area contributed by atoms with Crippen molar-refractivity contribution >= 4 is 23.2 Å². The highest BCUT2D eigenvalue weighted by molar-refractivity contribution is 6.03. The number of rotatable bonds is 6. The van der Waals surface area contributed by atoms with Gasteiger partial charge in [0.25, 0.3) is 5.91 Å². The second kappa shape index (κ2) is 8.95. The average Bonchev–Trinajstić information content (AvgIpc) is 3.19. The van der Waals surface area contributed by atoms with E-state index in [1.807, 2.05) is 71.0 Å². The van der Waals surface area contributed by atoms with Crippen molar-refractivity contribution in [3.63, 3.8) is 0 Å². The molecule has 2 N–H and O–H groups in total. The van der Waals surface area contributed by atoms with Crippen molar-refractivity contribution in [2.75, 3.05) is 10.6 Å². The number of nitrogens with one attached hydrogen (secondary N) is 2. The Morgan fingerprint density at radius 2 is 1.47 bits per heavy atom. The van der Waals surface area contributed by atoms with Crippen molar-refractivity contribution in [3.05, 3.63) is 76.6 Å². The lowest BCUT2D eigenvalue weighted by atomic mass is 10.1. The molecule has 156 valence electrons. The maximum Gasteiger partial charge on any atom is 0.276 e. The van der Waals surface area contributed by atoms with Crippen LogP contribution in [0.2, 0.25) is 0 Å². The fourth-order valence-corrected chi connectivity index (χ4v) is 3.30. The quantitative estimate of drug-likeness (QED) is 0.610. The highest BCUT2D eigenvalue weighted by atomic mass is 16.2. The Balaban J connectivity index is 1.75. The number of hydrogen-bond donors (Lipinski definition) is 2. The molecule has 0 aliphatic heterocycles. The number of nitrogens with zero attached hydrogens (tertiary/aromatic N) is 2. The van der Waals surface area contributed by atoms with Gasteiger partial charge in [-0.15, -0.1) is 0 Å². The fraction of sp³-hybridized carbons (Fsp3) is 0.292. The van der Waals surface area contributed by atoms with Gasteiger partial charge in [-0.05, 0) is 74.6 Å². The van der Waals surface area contributed by atoms with Crippen LogP contribution in [0.1, 0.15) is 52.1 Å². The summed E-state index contributed by atoms with van der Waals surface area (Å²) in [6.45, 7) is 9.88. The van der Waals surface area contributed by atoms with Crippen LogP contribution < -0.4 is 10.6 Å². The standard InChI is InChI=1S/C24H28N4O2/c1-6-22(24(30)26-20-12-8-10-16(3)18(20)5)28-14-13-21(27-28)23(29)25-19-11-7-9-15(2)17(19)4/h7-14,22H,6H2,1-5H3,(H,25,29)(H,26,30). The van der Waals surface area contributed by atoms with E-state index in [9.17, 15) is 9.59 Å². The summed E-state index contributed by atoms with van der Waals surface area (Å²) in [5.74, 6) is -0.456. The minimum absolute atomic E-state index is 0.157. The number of aromatic nitrogens is 2. The monoisotopic (exact) mass is 404 g/mol. The van der Waals surface area contributed by atoms with Crippen molar-refractivity contribution in [2.24, 2.45) is 0 Å². The van der Waals surface area contributed by atoms with Gasteiger partial charge < -0.3 is 10.6 Å².